The predicted octanol–water partition coefficient (Wildman–Crippen LogP) is -5.46. The van der Waals surface area contributed by atoms with Crippen LogP contribution in [0.3, 0.4) is 0 Å². The van der Waals surface area contributed by atoms with Crippen LogP contribution < -0.4 is 19.8 Å². The molecular weight excluding hydrogens is 268 g/mol. The summed E-state index contributed by atoms with van der Waals surface area (Å²) in [7, 11) is 0. The van der Waals surface area contributed by atoms with Crippen LogP contribution >= 0.6 is 0 Å². The number of quaternary nitrogens is 2. The molecule has 0 aliphatic rings. The topological polar surface area (TPSA) is 179 Å². The molecule has 0 heterocycles. The van der Waals surface area contributed by atoms with E-state index in [1.54, 1.807) is 0 Å². The molecule has 0 saturated heterocycles. The summed E-state index contributed by atoms with van der Waals surface area (Å²) >= 11 is -12.1. The van der Waals surface area contributed by atoms with Crippen LogP contribution in [0, 0.1) is 0 Å². The molecule has 82 valence electrons. The van der Waals surface area contributed by atoms with Crippen molar-refractivity contribution in [3.05, 3.63) is 0 Å². The van der Waals surface area contributed by atoms with Gasteiger partial charge in [0.05, 0.1) is 0 Å². The second-order valence-corrected chi connectivity index (χ2v) is 5.23. The van der Waals surface area contributed by atoms with Crippen molar-refractivity contribution in [1.82, 2.24) is 0 Å². The summed E-state index contributed by atoms with van der Waals surface area (Å²) < 4.78 is 58.9. The minimum absolute atomic E-state index is 0.958. The molecule has 6 N–H and O–H groups in total. The summed E-state index contributed by atoms with van der Waals surface area (Å²) in [6, 6.07) is 0. The Kier molecular flexibility index (Phi) is 7.78. The first-order valence-electron chi connectivity index (χ1n) is 2.83. The zero-order chi connectivity index (χ0) is 11.1. The van der Waals surface area contributed by atoms with Crippen molar-refractivity contribution in [2.45, 2.75) is 0 Å². The molecule has 0 atom stereocenters. The molecule has 0 aliphatic heterocycles. The molecule has 13 heavy (non-hydrogen) atoms. The van der Waals surface area contributed by atoms with Crippen LogP contribution in [0.4, 0.5) is 0 Å². The molecule has 0 amide bonds. The van der Waals surface area contributed by atoms with Gasteiger partial charge in [0.25, 0.3) is 0 Å². The molecule has 0 rings (SSSR count). The van der Waals surface area contributed by atoms with Gasteiger partial charge >= 0.3 is 53.6 Å². The van der Waals surface area contributed by atoms with Gasteiger partial charge in [-0.15, -0.1) is 0 Å². The molecule has 0 aromatic rings. The average Bonchev–Trinajstić information content (AvgIpc) is 1.80. The van der Waals surface area contributed by atoms with E-state index in [1.165, 1.54) is 0 Å². The first-order chi connectivity index (χ1) is 5.62. The van der Waals surface area contributed by atoms with E-state index >= 15 is 0 Å². The third-order valence-electron chi connectivity index (χ3n) is 0.417. The normalized spacial score (nSPS) is 11.7. The fraction of sp³-hybridized carbons (Fsp3) is 1.00. The standard InChI is InChI=1S/C2H8N2.2Cr.7O/c3-1-2-4;;;;;;;;;/h1-4H2;;;;;;;;;/q;;;;;;;;2*-1/p+2. The van der Waals surface area contributed by atoms with Gasteiger partial charge < -0.3 is 11.5 Å². The SMILES string of the molecule is [NH3+]CC[NH3+].[O]=[Cr](=[O])([O-])[O][Cr](=[O])(=[O])[O-]. The molecule has 0 aromatic heterocycles. The van der Waals surface area contributed by atoms with Crippen LogP contribution in [-0.4, -0.2) is 13.1 Å². The Morgan fingerprint density at radius 1 is 0.923 bits per heavy atom. The molecule has 0 fully saturated rings. The average molecular weight is 278 g/mol. The summed E-state index contributed by atoms with van der Waals surface area (Å²) in [6.45, 7) is 1.92. The van der Waals surface area contributed by atoms with Crippen LogP contribution in [-0.2, 0) is 45.3 Å². The van der Waals surface area contributed by atoms with Crippen LogP contribution in [0.5, 0.6) is 0 Å². The Morgan fingerprint density at radius 3 is 1.15 bits per heavy atom. The zero-order valence-corrected chi connectivity index (χ0v) is 9.05. The third-order valence-corrected chi connectivity index (χ3v) is 3.08. The van der Waals surface area contributed by atoms with E-state index in [4.69, 9.17) is 0 Å². The minimum atomic E-state index is -6.07. The van der Waals surface area contributed by atoms with E-state index in [1.807, 2.05) is 0 Å². The molecular formula is C2H10Cr2N2O7. The van der Waals surface area contributed by atoms with E-state index in [-0.39, 0.29) is 0 Å². The second kappa shape index (κ2) is 6.51. The van der Waals surface area contributed by atoms with Gasteiger partial charge in [0.15, 0.2) is 0 Å². The summed E-state index contributed by atoms with van der Waals surface area (Å²) in [5.41, 5.74) is 7.08. The molecule has 0 unspecified atom stereocenters. The van der Waals surface area contributed by atoms with Crippen LogP contribution in [0.25, 0.3) is 0 Å². The van der Waals surface area contributed by atoms with Gasteiger partial charge in [-0.25, -0.2) is 0 Å². The Hall–Kier alpha value is 0.0649. The Labute approximate surface area is 78.4 Å². The van der Waals surface area contributed by atoms with Gasteiger partial charge in [0, 0.05) is 0 Å². The van der Waals surface area contributed by atoms with E-state index < -0.39 is 27.2 Å². The first kappa shape index (κ1) is 15.5. The Bertz CT molecular complexity index is 271. The molecule has 9 nitrogen and oxygen atoms in total. The molecule has 0 saturated carbocycles. The number of rotatable bonds is 3. The monoisotopic (exact) mass is 278 g/mol. The summed E-state index contributed by atoms with van der Waals surface area (Å²) in [4.78, 5) is 0. The fourth-order valence-corrected chi connectivity index (χ4v) is 1.74. The van der Waals surface area contributed by atoms with Crippen molar-refractivity contribution in [1.29, 1.82) is 0 Å². The maximum atomic E-state index is 9.38. The maximum absolute atomic E-state index is 9.38. The molecule has 0 aliphatic carbocycles. The summed E-state index contributed by atoms with van der Waals surface area (Å²) in [5.74, 6) is 0. The predicted molar refractivity (Wildman–Crippen MR) is 19.3 cm³/mol. The first-order valence-corrected chi connectivity index (χ1v) is 7.00. The van der Waals surface area contributed by atoms with Crippen LogP contribution in [0.15, 0.2) is 0 Å². The van der Waals surface area contributed by atoms with Crippen molar-refractivity contribution in [3.63, 3.8) is 0 Å². The van der Waals surface area contributed by atoms with E-state index in [0.717, 1.165) is 13.1 Å². The van der Waals surface area contributed by atoms with Crippen LogP contribution in [0.1, 0.15) is 0 Å². The van der Waals surface area contributed by atoms with Gasteiger partial charge in [-0.2, -0.15) is 0 Å². The van der Waals surface area contributed by atoms with Crippen molar-refractivity contribution in [2.75, 3.05) is 13.1 Å². The van der Waals surface area contributed by atoms with Crippen molar-refractivity contribution in [2.24, 2.45) is 0 Å². The van der Waals surface area contributed by atoms with Crippen molar-refractivity contribution in [3.8, 4) is 0 Å². The van der Waals surface area contributed by atoms with E-state index in [0.29, 0.717) is 0 Å². The molecule has 0 bridgehead atoms. The van der Waals surface area contributed by atoms with Gasteiger partial charge in [-0.3, -0.25) is 0 Å². The number of hydrogen-bond donors (Lipinski definition) is 2. The number of hydrogen-bond acceptors (Lipinski definition) is 7. The van der Waals surface area contributed by atoms with Gasteiger partial charge in [0.2, 0.25) is 0 Å². The molecule has 0 spiro atoms. The van der Waals surface area contributed by atoms with E-state index in [9.17, 15) is 23.5 Å². The quantitative estimate of drug-likeness (QED) is 0.516. The summed E-state index contributed by atoms with van der Waals surface area (Å²) in [5, 5.41) is 0. The second-order valence-electron chi connectivity index (χ2n) is 1.59. The molecule has 0 aromatic carbocycles. The van der Waals surface area contributed by atoms with Gasteiger partial charge in [-0.1, -0.05) is 0 Å². The van der Waals surface area contributed by atoms with Gasteiger partial charge in [0.1, 0.15) is 13.1 Å². The van der Waals surface area contributed by atoms with Crippen LogP contribution in [0.2, 0.25) is 0 Å². The molecule has 11 heteroatoms. The summed E-state index contributed by atoms with van der Waals surface area (Å²) in [6.07, 6.45) is 0. The van der Waals surface area contributed by atoms with Crippen molar-refractivity contribution < 1.29 is 65.1 Å². The Morgan fingerprint density at radius 2 is 1.15 bits per heavy atom. The Balaban J connectivity index is 0. The molecule has 0 radical (unpaired) electrons. The van der Waals surface area contributed by atoms with Crippen molar-refractivity contribution >= 4 is 0 Å². The zero-order valence-electron chi connectivity index (χ0n) is 6.50. The fourth-order valence-electron chi connectivity index (χ4n) is 0.102. The van der Waals surface area contributed by atoms with E-state index in [2.05, 4.69) is 14.3 Å². The van der Waals surface area contributed by atoms with Gasteiger partial charge in [-0.05, 0) is 0 Å². The third kappa shape index (κ3) is 24.5.